The quantitative estimate of drug-likeness (QED) is 0.111. The Balaban J connectivity index is 1.59. The maximum Gasteiger partial charge on any atom is 0.301 e. The van der Waals surface area contributed by atoms with Crippen LogP contribution in [0, 0.1) is 27.7 Å². The number of aliphatic hydroxyl groups is 1. The number of carbonyl (C=O) groups is 2. The summed E-state index contributed by atoms with van der Waals surface area (Å²) >= 11 is 1.34. The number of amides is 1. The maximum atomic E-state index is 13.8. The first kappa shape index (κ1) is 26.5. The fourth-order valence-electron chi connectivity index (χ4n) is 5.41. The first-order valence-electron chi connectivity index (χ1n) is 13.2. The monoisotopic (exact) mass is 564 g/mol. The van der Waals surface area contributed by atoms with Gasteiger partial charge in [0.15, 0.2) is 10.9 Å². The normalized spacial score (nSPS) is 16.7. The van der Waals surface area contributed by atoms with Crippen molar-refractivity contribution in [3.8, 4) is 5.75 Å². The van der Waals surface area contributed by atoms with Crippen LogP contribution in [-0.4, -0.2) is 37.8 Å². The zero-order valence-corrected chi connectivity index (χ0v) is 24.0. The van der Waals surface area contributed by atoms with Crippen LogP contribution in [0.5, 0.6) is 5.75 Å². The molecule has 41 heavy (non-hydrogen) atoms. The van der Waals surface area contributed by atoms with Gasteiger partial charge in [-0.15, -0.1) is 0 Å². The van der Waals surface area contributed by atoms with Gasteiger partial charge < -0.3 is 14.2 Å². The van der Waals surface area contributed by atoms with Crippen LogP contribution in [-0.2, 0) is 9.59 Å². The van der Waals surface area contributed by atoms with Gasteiger partial charge >= 0.3 is 5.91 Å². The van der Waals surface area contributed by atoms with Crippen molar-refractivity contribution in [3.63, 3.8) is 0 Å². The van der Waals surface area contributed by atoms with Gasteiger partial charge in [0.25, 0.3) is 5.78 Å². The summed E-state index contributed by atoms with van der Waals surface area (Å²) in [5, 5.41) is 12.1. The lowest BCUT2D eigenvalue weighted by Gasteiger charge is -2.23. The molecule has 8 nitrogen and oxygen atoms in total. The van der Waals surface area contributed by atoms with E-state index in [0.29, 0.717) is 34.4 Å². The third-order valence-electron chi connectivity index (χ3n) is 7.32. The molecule has 0 radical (unpaired) electrons. The molecule has 1 atom stereocenters. The molecule has 1 aliphatic heterocycles. The van der Waals surface area contributed by atoms with E-state index in [4.69, 9.17) is 9.72 Å². The second-order valence-corrected chi connectivity index (χ2v) is 11.2. The molecule has 3 aromatic heterocycles. The van der Waals surface area contributed by atoms with E-state index in [2.05, 4.69) is 11.6 Å². The van der Waals surface area contributed by atoms with Crippen molar-refractivity contribution < 1.29 is 19.4 Å². The number of Topliss-reactive ketones (excluding diaryl/α,β-unsaturated/α-hetero) is 1. The first-order chi connectivity index (χ1) is 19.7. The fraction of sp³-hybridized carbons (Fsp3) is 0.188. The molecule has 0 spiro atoms. The van der Waals surface area contributed by atoms with Gasteiger partial charge in [-0.2, -0.15) is 0 Å². The summed E-state index contributed by atoms with van der Waals surface area (Å²) in [6, 6.07) is 14.1. The standard InChI is InChI=1S/C32H28N4O4S/c1-6-13-40-22-11-7-10-21(16-22)27-24(28(37)26-20(5)35-12-8-9-18(3)30(35)33-26)29(38)31(39)36(27)32-34-25-19(4)14-17(2)15-23(25)41-32/h6-12,14-16,27,37H,1,13H2,2-5H3. The second-order valence-electron chi connectivity index (χ2n) is 10.2. The molecule has 1 aliphatic rings. The molecule has 6 rings (SSSR count). The van der Waals surface area contributed by atoms with Crippen LogP contribution in [0.25, 0.3) is 21.6 Å². The number of rotatable bonds is 6. The molecule has 2 aromatic carbocycles. The highest BCUT2D eigenvalue weighted by atomic mass is 32.1. The second kappa shape index (κ2) is 10.0. The Hall–Kier alpha value is -4.76. The van der Waals surface area contributed by atoms with E-state index in [9.17, 15) is 14.7 Å². The van der Waals surface area contributed by atoms with Crippen LogP contribution in [0.2, 0.25) is 0 Å². The van der Waals surface area contributed by atoms with Crippen molar-refractivity contribution in [3.05, 3.63) is 107 Å². The molecule has 5 aromatic rings. The summed E-state index contributed by atoms with van der Waals surface area (Å²) in [4.78, 5) is 38.4. The van der Waals surface area contributed by atoms with Crippen molar-refractivity contribution in [2.75, 3.05) is 11.5 Å². The molecule has 1 saturated heterocycles. The maximum absolute atomic E-state index is 13.8. The molecule has 1 amide bonds. The van der Waals surface area contributed by atoms with Gasteiger partial charge in [0, 0.05) is 6.20 Å². The highest BCUT2D eigenvalue weighted by molar-refractivity contribution is 7.22. The average Bonchev–Trinajstić information content (AvgIpc) is 3.60. The predicted octanol–water partition coefficient (Wildman–Crippen LogP) is 6.37. The molecule has 9 heteroatoms. The Morgan fingerprint density at radius 1 is 1.07 bits per heavy atom. The topological polar surface area (TPSA) is 97.0 Å². The lowest BCUT2D eigenvalue weighted by molar-refractivity contribution is -0.132. The number of aliphatic hydroxyl groups excluding tert-OH is 1. The molecule has 0 saturated carbocycles. The number of benzene rings is 2. The number of ketones is 1. The van der Waals surface area contributed by atoms with E-state index >= 15 is 0 Å². The number of thiazole rings is 1. The largest absolute Gasteiger partial charge is 0.505 e. The Bertz CT molecular complexity index is 1930. The highest BCUT2D eigenvalue weighted by Crippen LogP contribution is 2.45. The van der Waals surface area contributed by atoms with Crippen molar-refractivity contribution in [1.29, 1.82) is 0 Å². The van der Waals surface area contributed by atoms with Crippen LogP contribution in [0.4, 0.5) is 5.13 Å². The minimum absolute atomic E-state index is 0.0489. The first-order valence-corrected chi connectivity index (χ1v) is 14.0. The summed E-state index contributed by atoms with van der Waals surface area (Å²) in [6.07, 6.45) is 3.49. The fourth-order valence-corrected chi connectivity index (χ4v) is 6.58. The number of aryl methyl sites for hydroxylation is 4. The number of hydrogen-bond donors (Lipinski definition) is 1. The van der Waals surface area contributed by atoms with E-state index in [0.717, 1.165) is 26.9 Å². The van der Waals surface area contributed by atoms with Crippen molar-refractivity contribution in [2.24, 2.45) is 0 Å². The molecule has 1 fully saturated rings. The third kappa shape index (κ3) is 4.29. The van der Waals surface area contributed by atoms with E-state index in [-0.39, 0.29) is 17.0 Å². The van der Waals surface area contributed by atoms with Gasteiger partial charge in [0.05, 0.1) is 27.5 Å². The van der Waals surface area contributed by atoms with Crippen LogP contribution in [0.15, 0.2) is 73.0 Å². The van der Waals surface area contributed by atoms with Crippen LogP contribution in [0.1, 0.15) is 39.7 Å². The van der Waals surface area contributed by atoms with E-state index in [1.165, 1.54) is 16.2 Å². The number of nitrogens with zero attached hydrogens (tertiary/aromatic N) is 4. The highest BCUT2D eigenvalue weighted by Gasteiger charge is 2.48. The molecular weight excluding hydrogens is 536 g/mol. The van der Waals surface area contributed by atoms with Gasteiger partial charge in [-0.1, -0.05) is 48.3 Å². The zero-order chi connectivity index (χ0) is 29.0. The number of anilines is 1. The summed E-state index contributed by atoms with van der Waals surface area (Å²) in [5.74, 6) is -1.35. The number of fused-ring (bicyclic) bond motifs is 2. The number of carbonyl (C=O) groups excluding carboxylic acids is 2. The van der Waals surface area contributed by atoms with Crippen LogP contribution < -0.4 is 9.64 Å². The Morgan fingerprint density at radius 2 is 1.88 bits per heavy atom. The molecule has 1 unspecified atom stereocenters. The number of imidazole rings is 1. The van der Waals surface area contributed by atoms with Gasteiger partial charge in [-0.05, 0) is 74.2 Å². The van der Waals surface area contributed by atoms with Gasteiger partial charge in [-0.3, -0.25) is 14.5 Å². The SMILES string of the molecule is C=CCOc1cccc(C2C(=C(O)c3nc4c(C)cccn4c3C)C(=O)C(=O)N2c2nc3c(C)cc(C)cc3s2)c1. The number of aromatic nitrogens is 3. The lowest BCUT2D eigenvalue weighted by Crippen LogP contribution is -2.29. The summed E-state index contributed by atoms with van der Waals surface area (Å²) in [5.41, 5.74) is 5.85. The number of hydrogen-bond acceptors (Lipinski definition) is 7. The van der Waals surface area contributed by atoms with Crippen LogP contribution in [0.3, 0.4) is 0 Å². The van der Waals surface area contributed by atoms with Gasteiger partial charge in [0.1, 0.15) is 23.7 Å². The summed E-state index contributed by atoms with van der Waals surface area (Å²) < 4.78 is 8.53. The average molecular weight is 565 g/mol. The Kier molecular flexibility index (Phi) is 6.46. The number of ether oxygens (including phenoxy) is 1. The zero-order valence-electron chi connectivity index (χ0n) is 23.1. The van der Waals surface area contributed by atoms with E-state index in [1.807, 2.05) is 62.6 Å². The van der Waals surface area contributed by atoms with E-state index in [1.54, 1.807) is 30.3 Å². The molecule has 206 valence electrons. The van der Waals surface area contributed by atoms with Crippen molar-refractivity contribution >= 4 is 49.8 Å². The third-order valence-corrected chi connectivity index (χ3v) is 8.32. The Morgan fingerprint density at radius 3 is 2.63 bits per heavy atom. The molecular formula is C32H28N4O4S. The van der Waals surface area contributed by atoms with Crippen LogP contribution >= 0.6 is 11.3 Å². The summed E-state index contributed by atoms with van der Waals surface area (Å²) in [7, 11) is 0. The Labute approximate surface area is 240 Å². The number of pyridine rings is 1. The predicted molar refractivity (Wildman–Crippen MR) is 161 cm³/mol. The minimum Gasteiger partial charge on any atom is -0.505 e. The molecule has 1 N–H and O–H groups in total. The van der Waals surface area contributed by atoms with Crippen molar-refractivity contribution in [2.45, 2.75) is 33.7 Å². The van der Waals surface area contributed by atoms with E-state index < -0.39 is 17.7 Å². The summed E-state index contributed by atoms with van der Waals surface area (Å²) in [6.45, 7) is 11.7. The van der Waals surface area contributed by atoms with Gasteiger partial charge in [0.2, 0.25) is 0 Å². The molecule has 4 heterocycles. The smallest absolute Gasteiger partial charge is 0.301 e. The minimum atomic E-state index is -0.949. The molecule has 0 aliphatic carbocycles. The molecule has 0 bridgehead atoms. The lowest BCUT2D eigenvalue weighted by atomic mass is 9.96. The van der Waals surface area contributed by atoms with Crippen molar-refractivity contribution in [1.82, 2.24) is 14.4 Å². The van der Waals surface area contributed by atoms with Gasteiger partial charge in [-0.25, -0.2) is 9.97 Å².